The van der Waals surface area contributed by atoms with E-state index in [1.54, 1.807) is 14.2 Å². The SMILES string of the molecule is COc1cc(CNC2CC2)cc(OC)c1OCCCC#N. The molecule has 1 saturated carbocycles. The predicted molar refractivity (Wildman–Crippen MR) is 79.7 cm³/mol. The van der Waals surface area contributed by atoms with E-state index in [9.17, 15) is 0 Å². The van der Waals surface area contributed by atoms with Gasteiger partial charge in [-0.3, -0.25) is 0 Å². The van der Waals surface area contributed by atoms with Crippen molar-refractivity contribution in [1.82, 2.24) is 5.32 Å². The molecule has 0 spiro atoms. The van der Waals surface area contributed by atoms with E-state index in [0.717, 1.165) is 12.1 Å². The van der Waals surface area contributed by atoms with Gasteiger partial charge in [0.25, 0.3) is 0 Å². The van der Waals surface area contributed by atoms with Crippen LogP contribution in [0.1, 0.15) is 31.2 Å². The highest BCUT2D eigenvalue weighted by Gasteiger charge is 2.21. The van der Waals surface area contributed by atoms with Crippen LogP contribution >= 0.6 is 0 Å². The fourth-order valence-corrected chi connectivity index (χ4v) is 2.05. The highest BCUT2D eigenvalue weighted by Crippen LogP contribution is 2.38. The Bertz CT molecular complexity index is 482. The Morgan fingerprint density at radius 3 is 2.43 bits per heavy atom. The van der Waals surface area contributed by atoms with Gasteiger partial charge in [0, 0.05) is 19.0 Å². The fourth-order valence-electron chi connectivity index (χ4n) is 2.05. The lowest BCUT2D eigenvalue weighted by atomic mass is 10.1. The zero-order valence-corrected chi connectivity index (χ0v) is 12.6. The van der Waals surface area contributed by atoms with E-state index < -0.39 is 0 Å². The minimum absolute atomic E-state index is 0.472. The molecule has 1 aliphatic carbocycles. The zero-order valence-electron chi connectivity index (χ0n) is 12.6. The van der Waals surface area contributed by atoms with E-state index in [-0.39, 0.29) is 0 Å². The Balaban J connectivity index is 2.07. The van der Waals surface area contributed by atoms with Crippen molar-refractivity contribution in [3.8, 4) is 23.3 Å². The monoisotopic (exact) mass is 290 g/mol. The number of nitrogens with one attached hydrogen (secondary N) is 1. The molecule has 0 saturated heterocycles. The average Bonchev–Trinajstić information content (AvgIpc) is 3.33. The molecule has 2 rings (SSSR count). The van der Waals surface area contributed by atoms with Crippen molar-refractivity contribution in [1.29, 1.82) is 5.26 Å². The summed E-state index contributed by atoms with van der Waals surface area (Å²) in [7, 11) is 3.24. The van der Waals surface area contributed by atoms with Gasteiger partial charge in [-0.25, -0.2) is 0 Å². The number of ether oxygens (including phenoxy) is 3. The molecule has 1 N–H and O–H groups in total. The van der Waals surface area contributed by atoms with Gasteiger partial charge in [-0.05, 0) is 37.0 Å². The normalized spacial score (nSPS) is 13.6. The lowest BCUT2D eigenvalue weighted by Crippen LogP contribution is -2.15. The molecule has 0 bridgehead atoms. The van der Waals surface area contributed by atoms with Crippen LogP contribution in [0.2, 0.25) is 0 Å². The molecule has 0 atom stereocenters. The zero-order chi connectivity index (χ0) is 15.1. The molecule has 21 heavy (non-hydrogen) atoms. The molecule has 114 valence electrons. The molecule has 1 aromatic rings. The fraction of sp³-hybridized carbons (Fsp3) is 0.562. The standard InChI is InChI=1S/C16H22N2O3/c1-19-14-9-12(11-18-13-5-6-13)10-15(20-2)16(14)21-8-4-3-7-17/h9-10,13,18H,3-6,8,11H2,1-2H3. The highest BCUT2D eigenvalue weighted by atomic mass is 16.5. The molecule has 0 heterocycles. The molecule has 1 aromatic carbocycles. The van der Waals surface area contributed by atoms with Crippen molar-refractivity contribution in [2.75, 3.05) is 20.8 Å². The Labute approximate surface area is 125 Å². The Morgan fingerprint density at radius 2 is 1.90 bits per heavy atom. The van der Waals surface area contributed by atoms with Crippen LogP contribution in [-0.4, -0.2) is 26.9 Å². The predicted octanol–water partition coefficient (Wildman–Crippen LogP) is 2.64. The lowest BCUT2D eigenvalue weighted by Gasteiger charge is -2.16. The summed E-state index contributed by atoms with van der Waals surface area (Å²) in [5, 5.41) is 12.0. The Morgan fingerprint density at radius 1 is 1.24 bits per heavy atom. The molecule has 0 radical (unpaired) electrons. The van der Waals surface area contributed by atoms with Crippen LogP contribution in [0, 0.1) is 11.3 Å². The number of benzene rings is 1. The number of nitrogens with zero attached hydrogens (tertiary/aromatic N) is 1. The third kappa shape index (κ3) is 4.54. The maximum atomic E-state index is 8.55. The maximum Gasteiger partial charge on any atom is 0.203 e. The van der Waals surface area contributed by atoms with Gasteiger partial charge in [-0.2, -0.15) is 5.26 Å². The van der Waals surface area contributed by atoms with Gasteiger partial charge < -0.3 is 19.5 Å². The summed E-state index contributed by atoms with van der Waals surface area (Å²) in [6.07, 6.45) is 3.69. The Kier molecular flexibility index (Phi) is 5.70. The first-order valence-electron chi connectivity index (χ1n) is 7.26. The van der Waals surface area contributed by atoms with Crippen molar-refractivity contribution in [3.63, 3.8) is 0 Å². The van der Waals surface area contributed by atoms with Crippen LogP contribution in [0.4, 0.5) is 0 Å². The van der Waals surface area contributed by atoms with Crippen molar-refractivity contribution in [3.05, 3.63) is 17.7 Å². The van der Waals surface area contributed by atoms with Crippen molar-refractivity contribution in [2.45, 2.75) is 38.3 Å². The first-order valence-corrected chi connectivity index (χ1v) is 7.26. The molecule has 0 aromatic heterocycles. The smallest absolute Gasteiger partial charge is 0.203 e. The van der Waals surface area contributed by atoms with Crippen LogP contribution in [-0.2, 0) is 6.54 Å². The summed E-state index contributed by atoms with van der Waals surface area (Å²) in [5.74, 6) is 1.94. The van der Waals surface area contributed by atoms with Crippen LogP contribution in [0.25, 0.3) is 0 Å². The quantitative estimate of drug-likeness (QED) is 0.708. The van der Waals surface area contributed by atoms with Gasteiger partial charge >= 0.3 is 0 Å². The molecule has 0 aliphatic heterocycles. The largest absolute Gasteiger partial charge is 0.493 e. The summed E-state index contributed by atoms with van der Waals surface area (Å²) in [5.41, 5.74) is 1.11. The Hall–Kier alpha value is -1.93. The van der Waals surface area contributed by atoms with E-state index in [1.165, 1.54) is 12.8 Å². The van der Waals surface area contributed by atoms with E-state index in [1.807, 2.05) is 12.1 Å². The molecule has 5 heteroatoms. The average molecular weight is 290 g/mol. The van der Waals surface area contributed by atoms with Crippen LogP contribution in [0.15, 0.2) is 12.1 Å². The number of nitriles is 1. The third-order valence-electron chi connectivity index (χ3n) is 3.37. The van der Waals surface area contributed by atoms with Gasteiger partial charge in [-0.1, -0.05) is 0 Å². The number of hydrogen-bond donors (Lipinski definition) is 1. The van der Waals surface area contributed by atoms with Gasteiger partial charge in [-0.15, -0.1) is 0 Å². The molecule has 0 amide bonds. The summed E-state index contributed by atoms with van der Waals surface area (Å²) < 4.78 is 16.5. The second-order valence-electron chi connectivity index (χ2n) is 5.09. The second-order valence-corrected chi connectivity index (χ2v) is 5.09. The summed E-state index contributed by atoms with van der Waals surface area (Å²) in [4.78, 5) is 0. The van der Waals surface area contributed by atoms with E-state index in [0.29, 0.717) is 42.7 Å². The summed E-state index contributed by atoms with van der Waals surface area (Å²) in [6.45, 7) is 1.27. The van der Waals surface area contributed by atoms with Gasteiger partial charge in [0.05, 0.1) is 26.9 Å². The van der Waals surface area contributed by atoms with Gasteiger partial charge in [0.1, 0.15) is 0 Å². The number of unbranched alkanes of at least 4 members (excludes halogenated alkanes) is 1. The first kappa shape index (κ1) is 15.5. The van der Waals surface area contributed by atoms with Crippen molar-refractivity contribution >= 4 is 0 Å². The molecule has 5 nitrogen and oxygen atoms in total. The van der Waals surface area contributed by atoms with E-state index >= 15 is 0 Å². The minimum Gasteiger partial charge on any atom is -0.493 e. The number of methoxy groups -OCH3 is 2. The highest BCUT2D eigenvalue weighted by molar-refractivity contribution is 5.53. The molecule has 1 aliphatic rings. The van der Waals surface area contributed by atoms with Crippen LogP contribution in [0.3, 0.4) is 0 Å². The first-order chi connectivity index (χ1) is 10.3. The molecular formula is C16H22N2O3. The molecule has 1 fully saturated rings. The van der Waals surface area contributed by atoms with Gasteiger partial charge in [0.2, 0.25) is 5.75 Å². The third-order valence-corrected chi connectivity index (χ3v) is 3.37. The van der Waals surface area contributed by atoms with Gasteiger partial charge in [0.15, 0.2) is 11.5 Å². The lowest BCUT2D eigenvalue weighted by molar-refractivity contribution is 0.271. The van der Waals surface area contributed by atoms with E-state index in [2.05, 4.69) is 11.4 Å². The number of hydrogen-bond acceptors (Lipinski definition) is 5. The second kappa shape index (κ2) is 7.75. The maximum absolute atomic E-state index is 8.55. The van der Waals surface area contributed by atoms with Crippen molar-refractivity contribution in [2.24, 2.45) is 0 Å². The number of rotatable bonds is 9. The van der Waals surface area contributed by atoms with Crippen LogP contribution < -0.4 is 19.5 Å². The summed E-state index contributed by atoms with van der Waals surface area (Å²) >= 11 is 0. The van der Waals surface area contributed by atoms with Crippen LogP contribution in [0.5, 0.6) is 17.2 Å². The minimum atomic E-state index is 0.472. The summed E-state index contributed by atoms with van der Waals surface area (Å²) in [6, 6.07) is 6.70. The van der Waals surface area contributed by atoms with Crippen molar-refractivity contribution < 1.29 is 14.2 Å². The molecule has 0 unspecified atom stereocenters. The topological polar surface area (TPSA) is 63.5 Å². The van der Waals surface area contributed by atoms with E-state index in [4.69, 9.17) is 19.5 Å². The molecular weight excluding hydrogens is 268 g/mol.